The van der Waals surface area contributed by atoms with Crippen molar-refractivity contribution in [2.45, 2.75) is 11.9 Å². The maximum atomic E-state index is 7.90. The zero-order valence-corrected chi connectivity index (χ0v) is 15.0. The molecular weight excluding hydrogens is 367 g/mol. The van der Waals surface area contributed by atoms with Gasteiger partial charge in [-0.3, -0.25) is 10.8 Å². The largest absolute Gasteiger partial charge is 0.288 e. The third-order valence-corrected chi connectivity index (χ3v) is 5.88. The number of rotatable bonds is 1. The second-order valence-electron chi connectivity index (χ2n) is 3.85. The Morgan fingerprint density at radius 3 is 2.19 bits per heavy atom. The lowest BCUT2D eigenvalue weighted by molar-refractivity contribution is 1.04. The fourth-order valence-corrected chi connectivity index (χ4v) is 3.85. The van der Waals surface area contributed by atoms with Crippen LogP contribution in [0, 0.1) is 17.7 Å². The molecule has 0 unspecified atom stereocenters. The third kappa shape index (κ3) is 4.26. The van der Waals surface area contributed by atoms with Crippen LogP contribution in [0.3, 0.4) is 0 Å². The normalized spacial score (nSPS) is 10.9. The second-order valence-corrected chi connectivity index (χ2v) is 8.02. The Hall–Kier alpha value is -0.470. The van der Waals surface area contributed by atoms with Crippen LogP contribution < -0.4 is 0 Å². The highest BCUT2D eigenvalue weighted by molar-refractivity contribution is 8.53. The standard InChI is InChI=1S/C12H10Cl2N4S3/c1-5-10(20-12(16)21-11(15)19-2)18-9-4-7(14)6(13)3-8(9)17-5/h3-4,15-16H,1-2H3. The predicted octanol–water partition coefficient (Wildman–Crippen LogP) is 5.30. The van der Waals surface area contributed by atoms with Gasteiger partial charge in [0.05, 0.1) is 26.8 Å². The first kappa shape index (κ1) is 16.9. The number of benzene rings is 1. The van der Waals surface area contributed by atoms with Gasteiger partial charge in [-0.25, -0.2) is 9.97 Å². The van der Waals surface area contributed by atoms with Gasteiger partial charge < -0.3 is 0 Å². The quantitative estimate of drug-likeness (QED) is 0.401. The van der Waals surface area contributed by atoms with E-state index in [-0.39, 0.29) is 4.38 Å². The molecule has 0 aliphatic heterocycles. The molecule has 2 N–H and O–H groups in total. The summed E-state index contributed by atoms with van der Waals surface area (Å²) in [6.45, 7) is 1.83. The van der Waals surface area contributed by atoms with E-state index in [1.807, 2.05) is 6.92 Å². The zero-order valence-electron chi connectivity index (χ0n) is 11.0. The van der Waals surface area contributed by atoms with Gasteiger partial charge in [-0.15, -0.1) is 11.8 Å². The molecule has 0 fully saturated rings. The van der Waals surface area contributed by atoms with Crippen LogP contribution in [-0.4, -0.2) is 25.0 Å². The van der Waals surface area contributed by atoms with Crippen molar-refractivity contribution in [3.63, 3.8) is 0 Å². The van der Waals surface area contributed by atoms with E-state index in [1.54, 1.807) is 18.4 Å². The van der Waals surface area contributed by atoms with E-state index in [9.17, 15) is 0 Å². The van der Waals surface area contributed by atoms with Crippen LogP contribution in [0.25, 0.3) is 11.0 Å². The topological polar surface area (TPSA) is 73.5 Å². The van der Waals surface area contributed by atoms with Gasteiger partial charge >= 0.3 is 0 Å². The fourth-order valence-electron chi connectivity index (χ4n) is 1.45. The van der Waals surface area contributed by atoms with Crippen LogP contribution in [0.4, 0.5) is 0 Å². The zero-order chi connectivity index (χ0) is 15.6. The maximum absolute atomic E-state index is 7.90. The smallest absolute Gasteiger partial charge is 0.134 e. The van der Waals surface area contributed by atoms with Crippen molar-refractivity contribution in [2.24, 2.45) is 0 Å². The predicted molar refractivity (Wildman–Crippen MR) is 96.7 cm³/mol. The highest BCUT2D eigenvalue weighted by Gasteiger charge is 2.12. The summed E-state index contributed by atoms with van der Waals surface area (Å²) in [6.07, 6.45) is 1.81. The highest BCUT2D eigenvalue weighted by Crippen LogP contribution is 2.31. The molecule has 1 aromatic carbocycles. The Kier molecular flexibility index (Phi) is 5.79. The van der Waals surface area contributed by atoms with E-state index in [1.165, 1.54) is 23.5 Å². The molecular formula is C12H10Cl2N4S3. The molecule has 0 bridgehead atoms. The van der Waals surface area contributed by atoms with Crippen molar-refractivity contribution >= 4 is 78.3 Å². The van der Waals surface area contributed by atoms with Crippen molar-refractivity contribution in [2.75, 3.05) is 6.26 Å². The second kappa shape index (κ2) is 7.19. The van der Waals surface area contributed by atoms with E-state index in [0.29, 0.717) is 36.2 Å². The van der Waals surface area contributed by atoms with Gasteiger partial charge in [0.1, 0.15) is 13.8 Å². The van der Waals surface area contributed by atoms with Crippen molar-refractivity contribution in [3.8, 4) is 0 Å². The van der Waals surface area contributed by atoms with E-state index in [4.69, 9.17) is 34.0 Å². The minimum Gasteiger partial charge on any atom is -0.288 e. The maximum Gasteiger partial charge on any atom is 0.134 e. The monoisotopic (exact) mass is 376 g/mol. The lowest BCUT2D eigenvalue weighted by Gasteiger charge is -2.07. The van der Waals surface area contributed by atoms with Gasteiger partial charge in [0.15, 0.2) is 0 Å². The van der Waals surface area contributed by atoms with E-state index < -0.39 is 0 Å². The van der Waals surface area contributed by atoms with Crippen LogP contribution >= 0.6 is 58.5 Å². The fraction of sp³-hybridized carbons (Fsp3) is 0.167. The molecule has 0 saturated heterocycles. The van der Waals surface area contributed by atoms with Gasteiger partial charge in [-0.1, -0.05) is 23.2 Å². The van der Waals surface area contributed by atoms with Crippen molar-refractivity contribution < 1.29 is 0 Å². The number of nitrogens with one attached hydrogen (secondary N) is 2. The molecule has 0 radical (unpaired) electrons. The Labute approximate surface area is 144 Å². The summed E-state index contributed by atoms with van der Waals surface area (Å²) < 4.78 is 0.653. The minimum absolute atomic E-state index is 0.283. The van der Waals surface area contributed by atoms with E-state index in [0.717, 1.165) is 11.8 Å². The first-order valence-electron chi connectivity index (χ1n) is 5.61. The molecule has 2 rings (SSSR count). The van der Waals surface area contributed by atoms with Crippen LogP contribution in [0.1, 0.15) is 5.69 Å². The number of thioether (sulfide) groups is 3. The summed E-state index contributed by atoms with van der Waals surface area (Å²) in [5.41, 5.74) is 2.02. The van der Waals surface area contributed by atoms with Gasteiger partial charge in [0, 0.05) is 0 Å². The van der Waals surface area contributed by atoms with Crippen molar-refractivity contribution in [1.29, 1.82) is 10.8 Å². The molecule has 0 aliphatic carbocycles. The number of nitrogens with zero attached hydrogens (tertiary/aromatic N) is 2. The molecule has 4 nitrogen and oxygen atoms in total. The Morgan fingerprint density at radius 1 is 1.05 bits per heavy atom. The SMILES string of the molecule is CSC(=N)SC(=N)Sc1nc2cc(Cl)c(Cl)cc2nc1C. The molecule has 1 heterocycles. The van der Waals surface area contributed by atoms with Crippen LogP contribution in [0.2, 0.25) is 10.0 Å². The van der Waals surface area contributed by atoms with Crippen molar-refractivity contribution in [1.82, 2.24) is 9.97 Å². The molecule has 0 amide bonds. The highest BCUT2D eigenvalue weighted by atomic mass is 35.5. The van der Waals surface area contributed by atoms with Crippen LogP contribution in [-0.2, 0) is 0 Å². The summed E-state index contributed by atoms with van der Waals surface area (Å²) >= 11 is 15.5. The van der Waals surface area contributed by atoms with Crippen LogP contribution in [0.5, 0.6) is 0 Å². The molecule has 21 heavy (non-hydrogen) atoms. The first-order chi connectivity index (χ1) is 9.90. The molecule has 1 aromatic heterocycles. The van der Waals surface area contributed by atoms with Crippen molar-refractivity contribution in [3.05, 3.63) is 27.9 Å². The summed E-state index contributed by atoms with van der Waals surface area (Å²) in [5, 5.41) is 17.0. The number of hydrogen-bond acceptors (Lipinski definition) is 7. The van der Waals surface area contributed by atoms with Gasteiger partial charge in [-0.2, -0.15) is 0 Å². The summed E-state index contributed by atoms with van der Waals surface area (Å²) in [7, 11) is 0. The summed E-state index contributed by atoms with van der Waals surface area (Å²) in [5.74, 6) is 0. The minimum atomic E-state index is 0.283. The average Bonchev–Trinajstić information content (AvgIpc) is 2.42. The Balaban J connectivity index is 2.32. The first-order valence-corrected chi connectivity index (χ1v) is 9.22. The van der Waals surface area contributed by atoms with Gasteiger partial charge in [-0.05, 0) is 48.8 Å². The number of fused-ring (bicyclic) bond motifs is 1. The summed E-state index contributed by atoms with van der Waals surface area (Å²) in [6, 6.07) is 3.34. The third-order valence-electron chi connectivity index (χ3n) is 2.40. The number of aryl methyl sites for hydroxylation is 1. The molecule has 0 atom stereocenters. The molecule has 9 heteroatoms. The lowest BCUT2D eigenvalue weighted by atomic mass is 10.3. The van der Waals surface area contributed by atoms with Gasteiger partial charge in [0.2, 0.25) is 0 Å². The van der Waals surface area contributed by atoms with Gasteiger partial charge in [0.25, 0.3) is 0 Å². The molecule has 0 spiro atoms. The Morgan fingerprint density at radius 2 is 1.62 bits per heavy atom. The average molecular weight is 377 g/mol. The summed E-state index contributed by atoms with van der Waals surface area (Å²) in [4.78, 5) is 8.91. The van der Waals surface area contributed by atoms with E-state index in [2.05, 4.69) is 9.97 Å². The number of halogens is 2. The molecule has 0 aliphatic rings. The number of aromatic nitrogens is 2. The lowest BCUT2D eigenvalue weighted by Crippen LogP contribution is -1.96. The molecule has 110 valence electrons. The molecule has 2 aromatic rings. The van der Waals surface area contributed by atoms with Crippen LogP contribution in [0.15, 0.2) is 17.2 Å². The van der Waals surface area contributed by atoms with E-state index >= 15 is 0 Å². The molecule has 0 saturated carbocycles. The number of hydrogen-bond donors (Lipinski definition) is 2. The Bertz CT molecular complexity index is 736.